The highest BCUT2D eigenvalue weighted by Crippen LogP contribution is 2.48. The van der Waals surface area contributed by atoms with Gasteiger partial charge in [-0.05, 0) is 45.8 Å². The summed E-state index contributed by atoms with van der Waals surface area (Å²) in [4.78, 5) is 10.9. The fraction of sp³-hybridized carbons (Fsp3) is 0. The first-order valence-electron chi connectivity index (χ1n) is 17.7. The van der Waals surface area contributed by atoms with Crippen LogP contribution < -0.4 is 0 Å². The molecule has 0 aliphatic carbocycles. The number of hydrogen-bond donors (Lipinski definition) is 0. The van der Waals surface area contributed by atoms with E-state index in [1.807, 2.05) is 12.1 Å². The number of nitrogens with zero attached hydrogens (tertiary/aromatic N) is 4. The molecule has 0 bridgehead atoms. The average molecular weight is 663 g/mol. The lowest BCUT2D eigenvalue weighted by atomic mass is 9.95. The predicted octanol–water partition coefficient (Wildman–Crippen LogP) is 12.3. The van der Waals surface area contributed by atoms with Crippen molar-refractivity contribution in [1.29, 1.82) is 0 Å². The third-order valence-corrected chi connectivity index (χ3v) is 10.5. The van der Waals surface area contributed by atoms with Crippen molar-refractivity contribution in [3.63, 3.8) is 0 Å². The Balaban J connectivity index is 1.44. The fourth-order valence-electron chi connectivity index (χ4n) is 8.32. The topological polar surface area (TPSA) is 35.6 Å². The lowest BCUT2D eigenvalue weighted by molar-refractivity contribution is 1.00. The molecule has 3 aromatic heterocycles. The smallest absolute Gasteiger partial charge is 0.235 e. The van der Waals surface area contributed by atoms with Crippen LogP contribution >= 0.6 is 0 Å². The molecule has 11 rings (SSSR count). The van der Waals surface area contributed by atoms with Crippen LogP contribution in [0.3, 0.4) is 0 Å². The molecule has 0 fully saturated rings. The molecule has 4 heteroatoms. The molecule has 52 heavy (non-hydrogen) atoms. The summed E-state index contributed by atoms with van der Waals surface area (Å²) >= 11 is 0. The van der Waals surface area contributed by atoms with Gasteiger partial charge in [-0.3, -0.25) is 4.57 Å². The second kappa shape index (κ2) is 11.2. The van der Waals surface area contributed by atoms with E-state index in [-0.39, 0.29) is 0 Å². The number of benzene rings is 8. The van der Waals surface area contributed by atoms with Gasteiger partial charge < -0.3 is 4.57 Å². The highest BCUT2D eigenvalue weighted by atomic mass is 15.2. The van der Waals surface area contributed by atoms with E-state index in [2.05, 4.69) is 179 Å². The quantitative estimate of drug-likeness (QED) is 0.176. The van der Waals surface area contributed by atoms with Crippen LogP contribution in [-0.2, 0) is 0 Å². The summed E-state index contributed by atoms with van der Waals surface area (Å²) in [5, 5.41) is 10.8. The molecule has 0 unspecified atom stereocenters. The normalized spacial score (nSPS) is 11.8. The molecule has 0 radical (unpaired) electrons. The van der Waals surface area contributed by atoms with Gasteiger partial charge >= 0.3 is 0 Å². The Morgan fingerprint density at radius 2 is 0.769 bits per heavy atom. The Kier molecular flexibility index (Phi) is 6.22. The van der Waals surface area contributed by atoms with Crippen molar-refractivity contribution in [3.8, 4) is 34.2 Å². The van der Waals surface area contributed by atoms with Gasteiger partial charge in [0.25, 0.3) is 0 Å². The minimum atomic E-state index is 0.642. The molecule has 0 aliphatic heterocycles. The molecule has 0 saturated carbocycles. The monoisotopic (exact) mass is 662 g/mol. The third-order valence-electron chi connectivity index (χ3n) is 10.5. The standard InChI is InChI=1S/C48H30N4/c1-4-16-31(17-5-1)41-30-42(32-18-6-2-7-19-32)50-48(49-41)52-46-38-26-14-11-23-35(38)34-22-10-13-25-37(34)43(46)44-45-40(36-24-12-15-27-39(36)47(44)52)28-29-51(45)33-20-8-3-9-21-33/h1-30H. The number of fused-ring (bicyclic) bond motifs is 13. The number of hydrogen-bond acceptors (Lipinski definition) is 2. The lowest BCUT2D eigenvalue weighted by Crippen LogP contribution is -2.05. The molecule has 4 nitrogen and oxygen atoms in total. The van der Waals surface area contributed by atoms with E-state index >= 15 is 0 Å². The summed E-state index contributed by atoms with van der Waals surface area (Å²) in [6, 6.07) is 62.4. The van der Waals surface area contributed by atoms with Gasteiger partial charge in [-0.25, -0.2) is 9.97 Å². The SMILES string of the molecule is c1ccc(-c2cc(-c3ccccc3)nc(-n3c4c5ccccc5c5ccccc5c4c4c5c(ccn5-c5ccccc5)c5ccccc5c43)n2)cc1. The molecule has 8 aromatic carbocycles. The number of para-hydroxylation sites is 1. The van der Waals surface area contributed by atoms with E-state index in [0.717, 1.165) is 50.0 Å². The molecule has 0 spiro atoms. The first-order chi connectivity index (χ1) is 25.8. The molecular weight excluding hydrogens is 633 g/mol. The van der Waals surface area contributed by atoms with Crippen LogP contribution in [0, 0.1) is 0 Å². The van der Waals surface area contributed by atoms with E-state index in [9.17, 15) is 0 Å². The second-order valence-corrected chi connectivity index (χ2v) is 13.4. The molecule has 0 amide bonds. The maximum atomic E-state index is 5.46. The van der Waals surface area contributed by atoms with Gasteiger partial charge in [0.05, 0.1) is 27.9 Å². The first-order valence-corrected chi connectivity index (χ1v) is 17.7. The minimum Gasteiger partial charge on any atom is -0.316 e. The molecule has 0 atom stereocenters. The summed E-state index contributed by atoms with van der Waals surface area (Å²) in [6.45, 7) is 0. The molecule has 0 aliphatic rings. The highest BCUT2D eigenvalue weighted by molar-refractivity contribution is 6.39. The lowest BCUT2D eigenvalue weighted by Gasteiger charge is -2.14. The van der Waals surface area contributed by atoms with Crippen molar-refractivity contribution in [2.45, 2.75) is 0 Å². The van der Waals surface area contributed by atoms with E-state index in [0.29, 0.717) is 5.95 Å². The molecule has 0 N–H and O–H groups in total. The van der Waals surface area contributed by atoms with Crippen LogP contribution in [0.15, 0.2) is 182 Å². The van der Waals surface area contributed by atoms with Gasteiger partial charge in [0.2, 0.25) is 5.95 Å². The summed E-state index contributed by atoms with van der Waals surface area (Å²) in [5.74, 6) is 0.642. The molecular formula is C48H30N4. The zero-order chi connectivity index (χ0) is 34.2. The fourth-order valence-corrected chi connectivity index (χ4v) is 8.32. The largest absolute Gasteiger partial charge is 0.316 e. The average Bonchev–Trinajstić information content (AvgIpc) is 3.83. The van der Waals surface area contributed by atoms with E-state index in [1.54, 1.807) is 0 Å². The van der Waals surface area contributed by atoms with Crippen molar-refractivity contribution in [1.82, 2.24) is 19.1 Å². The Bertz CT molecular complexity index is 3100. The van der Waals surface area contributed by atoms with Gasteiger partial charge in [0.15, 0.2) is 0 Å². The van der Waals surface area contributed by atoms with E-state index < -0.39 is 0 Å². The molecule has 242 valence electrons. The van der Waals surface area contributed by atoms with Crippen molar-refractivity contribution >= 4 is 65.0 Å². The summed E-state index contributed by atoms with van der Waals surface area (Å²) < 4.78 is 4.72. The van der Waals surface area contributed by atoms with Crippen LogP contribution in [0.25, 0.3) is 99.2 Å². The summed E-state index contributed by atoms with van der Waals surface area (Å²) in [7, 11) is 0. The first kappa shape index (κ1) is 28.8. The predicted molar refractivity (Wildman–Crippen MR) is 217 cm³/mol. The van der Waals surface area contributed by atoms with Crippen LogP contribution in [0.2, 0.25) is 0 Å². The van der Waals surface area contributed by atoms with Crippen molar-refractivity contribution < 1.29 is 0 Å². The minimum absolute atomic E-state index is 0.642. The maximum Gasteiger partial charge on any atom is 0.235 e. The Hall–Kier alpha value is -7.04. The Labute approximate surface area is 299 Å². The van der Waals surface area contributed by atoms with Gasteiger partial charge in [0.1, 0.15) is 0 Å². The van der Waals surface area contributed by atoms with Gasteiger partial charge in [0, 0.05) is 49.9 Å². The number of rotatable bonds is 4. The van der Waals surface area contributed by atoms with Crippen LogP contribution in [0.1, 0.15) is 0 Å². The van der Waals surface area contributed by atoms with Crippen molar-refractivity contribution in [3.05, 3.63) is 182 Å². The van der Waals surface area contributed by atoms with Crippen LogP contribution in [0.5, 0.6) is 0 Å². The molecule has 11 aromatic rings. The zero-order valence-electron chi connectivity index (χ0n) is 28.1. The molecule has 3 heterocycles. The van der Waals surface area contributed by atoms with E-state index in [4.69, 9.17) is 9.97 Å². The van der Waals surface area contributed by atoms with Gasteiger partial charge in [-0.1, -0.05) is 152 Å². The van der Waals surface area contributed by atoms with Crippen LogP contribution in [0.4, 0.5) is 0 Å². The maximum absolute atomic E-state index is 5.46. The highest BCUT2D eigenvalue weighted by Gasteiger charge is 2.26. The Morgan fingerprint density at radius 1 is 0.346 bits per heavy atom. The van der Waals surface area contributed by atoms with Crippen LogP contribution in [-0.4, -0.2) is 19.1 Å². The van der Waals surface area contributed by atoms with Crippen molar-refractivity contribution in [2.24, 2.45) is 0 Å². The summed E-state index contributed by atoms with van der Waals surface area (Å²) in [6.07, 6.45) is 2.22. The van der Waals surface area contributed by atoms with E-state index in [1.165, 1.54) is 43.2 Å². The molecule has 0 saturated heterocycles. The second-order valence-electron chi connectivity index (χ2n) is 13.4. The number of aromatic nitrogens is 4. The zero-order valence-corrected chi connectivity index (χ0v) is 28.1. The van der Waals surface area contributed by atoms with Gasteiger partial charge in [-0.15, -0.1) is 0 Å². The third kappa shape index (κ3) is 4.15. The Morgan fingerprint density at radius 3 is 1.35 bits per heavy atom. The van der Waals surface area contributed by atoms with Gasteiger partial charge in [-0.2, -0.15) is 0 Å². The summed E-state index contributed by atoms with van der Waals surface area (Å²) in [5.41, 5.74) is 8.34. The van der Waals surface area contributed by atoms with Crippen molar-refractivity contribution in [2.75, 3.05) is 0 Å².